The van der Waals surface area contributed by atoms with Crippen molar-refractivity contribution in [3.63, 3.8) is 0 Å². The number of hydrogen-bond donors (Lipinski definition) is 1. The molecule has 4 heteroatoms. The highest BCUT2D eigenvalue weighted by atomic mass is 35.5. The SMILES string of the molecule is C=C.O=C(O)CC(=O)CCl. The van der Waals surface area contributed by atoms with Crippen LogP contribution in [0.5, 0.6) is 0 Å². The van der Waals surface area contributed by atoms with Gasteiger partial charge in [0.1, 0.15) is 6.42 Å². The van der Waals surface area contributed by atoms with Crippen molar-refractivity contribution in [2.45, 2.75) is 6.42 Å². The van der Waals surface area contributed by atoms with Gasteiger partial charge in [-0.05, 0) is 0 Å². The van der Waals surface area contributed by atoms with E-state index in [1.165, 1.54) is 0 Å². The highest BCUT2D eigenvalue weighted by Crippen LogP contribution is 1.84. The lowest BCUT2D eigenvalue weighted by Crippen LogP contribution is -2.06. The van der Waals surface area contributed by atoms with Gasteiger partial charge in [0.25, 0.3) is 0 Å². The molecular weight excluding hydrogens is 156 g/mol. The van der Waals surface area contributed by atoms with Crippen LogP contribution in [0.3, 0.4) is 0 Å². The Morgan fingerprint density at radius 1 is 1.40 bits per heavy atom. The third-order valence-corrected chi connectivity index (χ3v) is 0.796. The summed E-state index contributed by atoms with van der Waals surface area (Å²) in [5.41, 5.74) is 0. The molecule has 0 aromatic heterocycles. The van der Waals surface area contributed by atoms with E-state index in [2.05, 4.69) is 13.2 Å². The maximum absolute atomic E-state index is 10.1. The molecule has 0 saturated carbocycles. The molecule has 0 bridgehead atoms. The Bertz CT molecular complexity index is 122. The van der Waals surface area contributed by atoms with Gasteiger partial charge in [0.2, 0.25) is 0 Å². The summed E-state index contributed by atoms with van der Waals surface area (Å²) in [4.78, 5) is 19.8. The Hall–Kier alpha value is -0.830. The summed E-state index contributed by atoms with van der Waals surface area (Å²) in [7, 11) is 0. The van der Waals surface area contributed by atoms with Crippen molar-refractivity contribution in [1.29, 1.82) is 0 Å². The van der Waals surface area contributed by atoms with E-state index in [4.69, 9.17) is 16.7 Å². The minimum absolute atomic E-state index is 0.216. The Morgan fingerprint density at radius 2 is 1.80 bits per heavy atom. The summed E-state index contributed by atoms with van der Waals surface area (Å²) in [5, 5.41) is 7.94. The van der Waals surface area contributed by atoms with Crippen LogP contribution in [0.4, 0.5) is 0 Å². The number of aliphatic carboxylic acids is 1. The van der Waals surface area contributed by atoms with Gasteiger partial charge in [-0.2, -0.15) is 0 Å². The molecule has 0 radical (unpaired) electrons. The van der Waals surface area contributed by atoms with Crippen LogP contribution in [0, 0.1) is 0 Å². The van der Waals surface area contributed by atoms with E-state index in [9.17, 15) is 9.59 Å². The third-order valence-electron chi connectivity index (χ3n) is 0.497. The number of ketones is 1. The van der Waals surface area contributed by atoms with E-state index >= 15 is 0 Å². The van der Waals surface area contributed by atoms with Crippen LogP contribution in [-0.4, -0.2) is 22.7 Å². The van der Waals surface area contributed by atoms with Crippen molar-refractivity contribution in [2.24, 2.45) is 0 Å². The molecule has 0 rings (SSSR count). The molecule has 0 aliphatic carbocycles. The smallest absolute Gasteiger partial charge is 0.310 e. The van der Waals surface area contributed by atoms with Crippen LogP contribution in [0.2, 0.25) is 0 Å². The van der Waals surface area contributed by atoms with E-state index in [1.807, 2.05) is 0 Å². The Balaban J connectivity index is 0. The molecule has 10 heavy (non-hydrogen) atoms. The minimum Gasteiger partial charge on any atom is -0.481 e. The molecule has 0 aliphatic rings. The summed E-state index contributed by atoms with van der Waals surface area (Å²) < 4.78 is 0. The molecule has 0 saturated heterocycles. The molecule has 0 atom stereocenters. The number of carboxylic acid groups (broad SMARTS) is 1. The number of alkyl halides is 1. The second-order valence-corrected chi connectivity index (χ2v) is 1.51. The second-order valence-electron chi connectivity index (χ2n) is 1.24. The van der Waals surface area contributed by atoms with Crippen molar-refractivity contribution in [2.75, 3.05) is 5.88 Å². The van der Waals surface area contributed by atoms with Gasteiger partial charge in [0.05, 0.1) is 5.88 Å². The first kappa shape index (κ1) is 11.9. The van der Waals surface area contributed by atoms with Crippen LogP contribution < -0.4 is 0 Å². The molecule has 0 amide bonds. The summed E-state index contributed by atoms with van der Waals surface area (Å²) in [6.07, 6.45) is -0.469. The molecule has 0 heterocycles. The lowest BCUT2D eigenvalue weighted by Gasteiger charge is -1.85. The van der Waals surface area contributed by atoms with E-state index in [-0.39, 0.29) is 5.88 Å². The third kappa shape index (κ3) is 10.2. The number of carbonyl (C=O) groups excluding carboxylic acids is 1. The molecule has 0 spiro atoms. The zero-order valence-corrected chi connectivity index (χ0v) is 6.23. The van der Waals surface area contributed by atoms with E-state index in [1.54, 1.807) is 0 Å². The van der Waals surface area contributed by atoms with Crippen molar-refractivity contribution in [3.8, 4) is 0 Å². The van der Waals surface area contributed by atoms with Crippen LogP contribution in [0.1, 0.15) is 6.42 Å². The molecule has 58 valence electrons. The largest absolute Gasteiger partial charge is 0.481 e. The highest BCUT2D eigenvalue weighted by molar-refractivity contribution is 6.28. The Morgan fingerprint density at radius 3 is 1.90 bits per heavy atom. The topological polar surface area (TPSA) is 54.4 Å². The molecule has 0 aliphatic heterocycles. The number of halogens is 1. The number of hydrogen-bond acceptors (Lipinski definition) is 2. The van der Waals surface area contributed by atoms with Crippen molar-refractivity contribution < 1.29 is 14.7 Å². The monoisotopic (exact) mass is 164 g/mol. The molecule has 0 fully saturated rings. The standard InChI is InChI=1S/C4H5ClO3.C2H4/c5-2-3(6)1-4(7)8;1-2/h1-2H2,(H,7,8);1-2H2. The Kier molecular flexibility index (Phi) is 9.73. The normalized spacial score (nSPS) is 7.30. The molecule has 0 aromatic rings. The predicted octanol–water partition coefficient (Wildman–Crippen LogP) is 1.07. The predicted molar refractivity (Wildman–Crippen MR) is 39.2 cm³/mol. The molecule has 3 nitrogen and oxygen atoms in total. The average Bonchev–Trinajstić information content (AvgIpc) is 1.91. The van der Waals surface area contributed by atoms with Crippen molar-refractivity contribution in [1.82, 2.24) is 0 Å². The quantitative estimate of drug-likeness (QED) is 0.386. The Labute approximate surface area is 64.3 Å². The first-order valence-corrected chi connectivity index (χ1v) is 2.99. The zero-order chi connectivity index (χ0) is 8.57. The van der Waals surface area contributed by atoms with Crippen LogP contribution in [-0.2, 0) is 9.59 Å². The molecular formula is C6H9ClO3. The van der Waals surface area contributed by atoms with Crippen LogP contribution in [0.15, 0.2) is 13.2 Å². The maximum atomic E-state index is 10.1. The van der Waals surface area contributed by atoms with E-state index in [0.717, 1.165) is 0 Å². The second kappa shape index (κ2) is 8.17. The zero-order valence-electron chi connectivity index (χ0n) is 5.47. The summed E-state index contributed by atoms with van der Waals surface area (Å²) >= 11 is 4.98. The average molecular weight is 165 g/mol. The molecule has 0 aromatic carbocycles. The van der Waals surface area contributed by atoms with Gasteiger partial charge in [-0.1, -0.05) is 0 Å². The van der Waals surface area contributed by atoms with E-state index in [0.29, 0.717) is 0 Å². The molecule has 0 unspecified atom stereocenters. The van der Waals surface area contributed by atoms with Gasteiger partial charge < -0.3 is 5.11 Å². The number of carbonyl (C=O) groups is 2. The molecule has 1 N–H and O–H groups in total. The number of Topliss-reactive ketones (excluding diaryl/α,β-unsaturated/α-hetero) is 1. The van der Waals surface area contributed by atoms with Gasteiger partial charge in [-0.25, -0.2) is 0 Å². The summed E-state index contributed by atoms with van der Waals surface area (Å²) in [5.74, 6) is -1.80. The number of carboxylic acids is 1. The van der Waals surface area contributed by atoms with Crippen molar-refractivity contribution in [3.05, 3.63) is 13.2 Å². The van der Waals surface area contributed by atoms with Gasteiger partial charge >= 0.3 is 5.97 Å². The van der Waals surface area contributed by atoms with Gasteiger partial charge in [-0.3, -0.25) is 9.59 Å². The fraction of sp³-hybridized carbons (Fsp3) is 0.333. The van der Waals surface area contributed by atoms with Crippen molar-refractivity contribution >= 4 is 23.4 Å². The lowest BCUT2D eigenvalue weighted by atomic mass is 10.3. The first-order valence-electron chi connectivity index (χ1n) is 2.46. The first-order chi connectivity index (χ1) is 4.66. The maximum Gasteiger partial charge on any atom is 0.310 e. The van der Waals surface area contributed by atoms with Gasteiger partial charge in [0, 0.05) is 0 Å². The van der Waals surface area contributed by atoms with Crippen LogP contribution in [0.25, 0.3) is 0 Å². The number of rotatable bonds is 3. The highest BCUT2D eigenvalue weighted by Gasteiger charge is 2.03. The van der Waals surface area contributed by atoms with Gasteiger partial charge in [-0.15, -0.1) is 24.8 Å². The fourth-order valence-electron chi connectivity index (χ4n) is 0.216. The summed E-state index contributed by atoms with van der Waals surface area (Å²) in [6.45, 7) is 6.00. The minimum atomic E-state index is -1.13. The fourth-order valence-corrected chi connectivity index (χ4v) is 0.310. The summed E-state index contributed by atoms with van der Waals surface area (Å²) in [6, 6.07) is 0. The van der Waals surface area contributed by atoms with Gasteiger partial charge in [0.15, 0.2) is 5.78 Å². The van der Waals surface area contributed by atoms with Crippen LogP contribution >= 0.6 is 11.6 Å². The lowest BCUT2D eigenvalue weighted by molar-refractivity contribution is -0.139. The van der Waals surface area contributed by atoms with E-state index < -0.39 is 18.2 Å².